The fraction of sp³-hybridized carbons (Fsp3) is 0.250. The van der Waals surface area contributed by atoms with Gasteiger partial charge in [-0.15, -0.1) is 0 Å². The van der Waals surface area contributed by atoms with Gasteiger partial charge in [0, 0.05) is 12.6 Å². The summed E-state index contributed by atoms with van der Waals surface area (Å²) in [6.07, 6.45) is -0.689. The van der Waals surface area contributed by atoms with Crippen molar-refractivity contribution in [3.05, 3.63) is 53.8 Å². The third-order valence-corrected chi connectivity index (χ3v) is 3.15. The molecule has 2 rings (SSSR count). The molecule has 0 aromatic heterocycles. The van der Waals surface area contributed by atoms with Crippen LogP contribution in [0, 0.1) is 5.82 Å². The minimum Gasteiger partial charge on any atom is -0.497 e. The molecule has 0 saturated carbocycles. The fourth-order valence-electron chi connectivity index (χ4n) is 1.96. The van der Waals surface area contributed by atoms with E-state index in [1.54, 1.807) is 37.4 Å². The summed E-state index contributed by atoms with van der Waals surface area (Å²) in [5.41, 5.74) is 1.40. The Kier molecular flexibility index (Phi) is 5.00. The van der Waals surface area contributed by atoms with Crippen LogP contribution in [0.4, 0.5) is 10.1 Å². The molecule has 0 amide bonds. The summed E-state index contributed by atoms with van der Waals surface area (Å²) >= 11 is 0. The van der Waals surface area contributed by atoms with Gasteiger partial charge in [0.05, 0.1) is 26.0 Å². The highest BCUT2D eigenvalue weighted by atomic mass is 19.1. The Morgan fingerprint density at radius 3 is 2.43 bits per heavy atom. The summed E-state index contributed by atoms with van der Waals surface area (Å²) in [5.74, 6) is 0.768. The fourth-order valence-corrected chi connectivity index (χ4v) is 1.96. The molecule has 112 valence electrons. The maximum atomic E-state index is 13.1. The van der Waals surface area contributed by atoms with E-state index in [9.17, 15) is 9.50 Å². The molecule has 4 nitrogen and oxygen atoms in total. The number of halogens is 1. The number of hydrogen-bond acceptors (Lipinski definition) is 4. The highest BCUT2D eigenvalue weighted by molar-refractivity contribution is 5.56. The number of nitrogens with one attached hydrogen (secondary N) is 1. The van der Waals surface area contributed by atoms with E-state index in [2.05, 4.69) is 5.32 Å². The van der Waals surface area contributed by atoms with Gasteiger partial charge in [-0.1, -0.05) is 12.1 Å². The van der Waals surface area contributed by atoms with Crippen molar-refractivity contribution in [2.24, 2.45) is 0 Å². The van der Waals surface area contributed by atoms with Crippen LogP contribution in [0.1, 0.15) is 11.7 Å². The lowest BCUT2D eigenvalue weighted by molar-refractivity contribution is 0.191. The van der Waals surface area contributed by atoms with Gasteiger partial charge in [0.15, 0.2) is 0 Å². The van der Waals surface area contributed by atoms with E-state index in [0.29, 0.717) is 11.4 Å². The van der Waals surface area contributed by atoms with Gasteiger partial charge in [-0.25, -0.2) is 4.39 Å². The van der Waals surface area contributed by atoms with Crippen molar-refractivity contribution in [2.45, 2.75) is 6.10 Å². The summed E-state index contributed by atoms with van der Waals surface area (Å²) in [6.45, 7) is 0.286. The summed E-state index contributed by atoms with van der Waals surface area (Å²) in [5, 5.41) is 13.2. The maximum Gasteiger partial charge on any atom is 0.144 e. The third-order valence-electron chi connectivity index (χ3n) is 3.15. The number of anilines is 1. The maximum absolute atomic E-state index is 13.1. The summed E-state index contributed by atoms with van der Waals surface area (Å²) in [6, 6.07) is 11.4. The predicted molar refractivity (Wildman–Crippen MR) is 79.4 cm³/mol. The lowest BCUT2D eigenvalue weighted by Gasteiger charge is -2.15. The predicted octanol–water partition coefficient (Wildman–Crippen LogP) is 2.99. The number of methoxy groups -OCH3 is 2. The average Bonchev–Trinajstić information content (AvgIpc) is 2.53. The second kappa shape index (κ2) is 6.95. The highest BCUT2D eigenvalue weighted by Gasteiger charge is 2.10. The molecule has 2 aromatic carbocycles. The first-order chi connectivity index (χ1) is 10.1. The first-order valence-electron chi connectivity index (χ1n) is 6.53. The van der Waals surface area contributed by atoms with Gasteiger partial charge >= 0.3 is 0 Å². The molecule has 0 radical (unpaired) electrons. The topological polar surface area (TPSA) is 50.7 Å². The molecule has 0 aliphatic carbocycles. The minimum atomic E-state index is -0.689. The van der Waals surface area contributed by atoms with Crippen LogP contribution in [-0.2, 0) is 0 Å². The van der Waals surface area contributed by atoms with Crippen molar-refractivity contribution in [1.29, 1.82) is 0 Å². The Morgan fingerprint density at radius 2 is 1.81 bits per heavy atom. The number of ether oxygens (including phenoxy) is 2. The molecule has 0 aliphatic rings. The molecule has 1 atom stereocenters. The van der Waals surface area contributed by atoms with E-state index >= 15 is 0 Å². The monoisotopic (exact) mass is 291 g/mol. The van der Waals surface area contributed by atoms with Crippen LogP contribution in [0.5, 0.6) is 11.5 Å². The molecule has 0 fully saturated rings. The molecule has 21 heavy (non-hydrogen) atoms. The average molecular weight is 291 g/mol. The Morgan fingerprint density at radius 1 is 1.10 bits per heavy atom. The number of aliphatic hydroxyl groups is 1. The van der Waals surface area contributed by atoms with Crippen LogP contribution in [-0.4, -0.2) is 25.9 Å². The second-order valence-corrected chi connectivity index (χ2v) is 4.51. The van der Waals surface area contributed by atoms with Gasteiger partial charge in [-0.05, 0) is 29.8 Å². The molecule has 0 saturated heterocycles. The van der Waals surface area contributed by atoms with E-state index in [-0.39, 0.29) is 12.4 Å². The molecule has 1 unspecified atom stereocenters. The second-order valence-electron chi connectivity index (χ2n) is 4.51. The zero-order chi connectivity index (χ0) is 15.2. The minimum absolute atomic E-state index is 0.286. The highest BCUT2D eigenvalue weighted by Crippen LogP contribution is 2.26. The van der Waals surface area contributed by atoms with E-state index in [4.69, 9.17) is 9.47 Å². The van der Waals surface area contributed by atoms with Crippen molar-refractivity contribution in [2.75, 3.05) is 26.1 Å². The summed E-state index contributed by atoms with van der Waals surface area (Å²) in [4.78, 5) is 0. The van der Waals surface area contributed by atoms with Crippen LogP contribution < -0.4 is 14.8 Å². The Labute approximate surface area is 123 Å². The van der Waals surface area contributed by atoms with Crippen molar-refractivity contribution >= 4 is 5.69 Å². The van der Waals surface area contributed by atoms with Crippen molar-refractivity contribution in [3.8, 4) is 11.5 Å². The zero-order valence-electron chi connectivity index (χ0n) is 12.0. The van der Waals surface area contributed by atoms with Gasteiger partial charge in [0.25, 0.3) is 0 Å². The van der Waals surface area contributed by atoms with Crippen LogP contribution >= 0.6 is 0 Å². The van der Waals surface area contributed by atoms with Crippen LogP contribution in [0.3, 0.4) is 0 Å². The van der Waals surface area contributed by atoms with Crippen LogP contribution in [0.25, 0.3) is 0 Å². The molecular formula is C16H18FNO3. The van der Waals surface area contributed by atoms with E-state index < -0.39 is 6.10 Å². The van der Waals surface area contributed by atoms with Crippen LogP contribution in [0.2, 0.25) is 0 Å². The molecule has 2 aromatic rings. The first-order valence-corrected chi connectivity index (χ1v) is 6.53. The van der Waals surface area contributed by atoms with Crippen molar-refractivity contribution in [3.63, 3.8) is 0 Å². The number of aliphatic hydroxyl groups excluding tert-OH is 1. The molecule has 0 spiro atoms. The number of benzene rings is 2. The zero-order valence-corrected chi connectivity index (χ0v) is 12.0. The SMILES string of the molecule is COc1ccc(C(O)CNc2ccc(F)cc2OC)cc1. The van der Waals surface area contributed by atoms with E-state index in [0.717, 1.165) is 11.3 Å². The molecule has 2 N–H and O–H groups in total. The summed E-state index contributed by atoms with van der Waals surface area (Å²) < 4.78 is 23.3. The third kappa shape index (κ3) is 3.86. The largest absolute Gasteiger partial charge is 0.497 e. The van der Waals surface area contributed by atoms with Crippen LogP contribution in [0.15, 0.2) is 42.5 Å². The Hall–Kier alpha value is -2.27. The summed E-state index contributed by atoms with van der Waals surface area (Å²) in [7, 11) is 3.06. The smallest absolute Gasteiger partial charge is 0.144 e. The Bertz CT molecular complexity index is 587. The quantitative estimate of drug-likeness (QED) is 0.859. The number of rotatable bonds is 6. The van der Waals surface area contributed by atoms with Gasteiger partial charge in [-0.3, -0.25) is 0 Å². The lowest BCUT2D eigenvalue weighted by Crippen LogP contribution is -2.12. The normalized spacial score (nSPS) is 11.8. The van der Waals surface area contributed by atoms with E-state index in [1.165, 1.54) is 19.2 Å². The molecule has 0 aliphatic heterocycles. The van der Waals surface area contributed by atoms with Crippen molar-refractivity contribution in [1.82, 2.24) is 0 Å². The molecule has 5 heteroatoms. The molecular weight excluding hydrogens is 273 g/mol. The number of hydrogen-bond donors (Lipinski definition) is 2. The van der Waals surface area contributed by atoms with Gasteiger partial charge < -0.3 is 19.9 Å². The molecule has 0 bridgehead atoms. The first kappa shape index (κ1) is 15.1. The molecule has 0 heterocycles. The van der Waals surface area contributed by atoms with Gasteiger partial charge in [0.2, 0.25) is 0 Å². The Balaban J connectivity index is 2.01. The lowest BCUT2D eigenvalue weighted by atomic mass is 10.1. The van der Waals surface area contributed by atoms with Gasteiger partial charge in [-0.2, -0.15) is 0 Å². The standard InChI is InChI=1S/C16H18FNO3/c1-20-13-6-3-11(4-7-13)15(19)10-18-14-8-5-12(17)9-16(14)21-2/h3-9,15,18-19H,10H2,1-2H3. The van der Waals surface area contributed by atoms with Crippen molar-refractivity contribution < 1.29 is 19.0 Å². The van der Waals surface area contributed by atoms with E-state index in [1.807, 2.05) is 0 Å². The van der Waals surface area contributed by atoms with Gasteiger partial charge in [0.1, 0.15) is 17.3 Å².